The third-order valence-electron chi connectivity index (χ3n) is 2.52. The first kappa shape index (κ1) is 14.1. The Morgan fingerprint density at radius 3 is 3.00 bits per heavy atom. The monoisotopic (exact) mass is 307 g/mol. The second-order valence-corrected chi connectivity index (χ2v) is 6.54. The molecule has 0 spiro atoms. The van der Waals surface area contributed by atoms with Gasteiger partial charge in [-0.15, -0.1) is 23.1 Å². The van der Waals surface area contributed by atoms with E-state index in [1.54, 1.807) is 11.8 Å². The van der Waals surface area contributed by atoms with Crippen LogP contribution in [0.1, 0.15) is 10.3 Å². The van der Waals surface area contributed by atoms with Gasteiger partial charge in [-0.25, -0.2) is 0 Å². The SMILES string of the molecule is O=C1CSC(c2ccc(Cl)s2)N1CCOCCO. The van der Waals surface area contributed by atoms with Crippen molar-refractivity contribution in [1.82, 2.24) is 4.90 Å². The molecule has 0 saturated carbocycles. The maximum atomic E-state index is 11.8. The summed E-state index contributed by atoms with van der Waals surface area (Å²) in [4.78, 5) is 14.7. The van der Waals surface area contributed by atoms with E-state index in [0.717, 1.165) is 9.21 Å². The lowest BCUT2D eigenvalue weighted by molar-refractivity contribution is -0.128. The fourth-order valence-electron chi connectivity index (χ4n) is 1.72. The molecule has 0 aliphatic carbocycles. The molecule has 0 radical (unpaired) electrons. The summed E-state index contributed by atoms with van der Waals surface area (Å²) in [6, 6.07) is 3.82. The number of rotatable bonds is 6. The molecule has 1 fully saturated rings. The number of carbonyl (C=O) groups is 1. The van der Waals surface area contributed by atoms with E-state index in [9.17, 15) is 4.79 Å². The maximum absolute atomic E-state index is 11.8. The molecular formula is C11H14ClNO3S2. The third kappa shape index (κ3) is 3.39. The van der Waals surface area contributed by atoms with Gasteiger partial charge in [0.25, 0.3) is 0 Å². The molecular weight excluding hydrogens is 294 g/mol. The molecule has 0 bridgehead atoms. The molecule has 1 saturated heterocycles. The number of aliphatic hydroxyl groups is 1. The number of ether oxygens (including phenoxy) is 1. The van der Waals surface area contributed by atoms with Crippen LogP contribution in [-0.2, 0) is 9.53 Å². The van der Waals surface area contributed by atoms with Crippen molar-refractivity contribution in [3.8, 4) is 0 Å². The van der Waals surface area contributed by atoms with Crippen LogP contribution < -0.4 is 0 Å². The number of thioether (sulfide) groups is 1. The van der Waals surface area contributed by atoms with Gasteiger partial charge in [-0.05, 0) is 12.1 Å². The highest BCUT2D eigenvalue weighted by atomic mass is 35.5. The Kier molecular flexibility index (Phi) is 5.32. The van der Waals surface area contributed by atoms with Gasteiger partial charge in [-0.3, -0.25) is 4.79 Å². The van der Waals surface area contributed by atoms with Crippen molar-refractivity contribution in [2.45, 2.75) is 5.37 Å². The summed E-state index contributed by atoms with van der Waals surface area (Å²) >= 11 is 9.04. The Labute approximate surface area is 119 Å². The maximum Gasteiger partial charge on any atom is 0.233 e. The minimum absolute atomic E-state index is 0.00660. The lowest BCUT2D eigenvalue weighted by Gasteiger charge is -2.22. The second kappa shape index (κ2) is 6.77. The molecule has 1 unspecified atom stereocenters. The molecule has 2 rings (SSSR count). The van der Waals surface area contributed by atoms with Crippen LogP contribution in [0.15, 0.2) is 12.1 Å². The number of halogens is 1. The Morgan fingerprint density at radius 2 is 2.33 bits per heavy atom. The number of carbonyl (C=O) groups excluding carboxylic acids is 1. The van der Waals surface area contributed by atoms with E-state index in [-0.39, 0.29) is 17.9 Å². The fourth-order valence-corrected chi connectivity index (χ4v) is 4.24. The molecule has 18 heavy (non-hydrogen) atoms. The number of amides is 1. The van der Waals surface area contributed by atoms with Gasteiger partial charge in [-0.1, -0.05) is 11.6 Å². The summed E-state index contributed by atoms with van der Waals surface area (Å²) in [5.41, 5.74) is 0. The third-order valence-corrected chi connectivity index (χ3v) is 5.19. The van der Waals surface area contributed by atoms with E-state index in [4.69, 9.17) is 21.4 Å². The standard InChI is InChI=1S/C11H14ClNO3S2/c12-9-2-1-8(18-9)11-13(10(15)7-17-11)3-5-16-6-4-14/h1-2,11,14H,3-7H2. The summed E-state index contributed by atoms with van der Waals surface area (Å²) in [6.07, 6.45) is 0. The van der Waals surface area contributed by atoms with Crippen LogP contribution in [0.4, 0.5) is 0 Å². The van der Waals surface area contributed by atoms with E-state index in [0.29, 0.717) is 25.5 Å². The van der Waals surface area contributed by atoms with E-state index < -0.39 is 0 Å². The topological polar surface area (TPSA) is 49.8 Å². The largest absolute Gasteiger partial charge is 0.394 e. The molecule has 1 aliphatic heterocycles. The number of thiophene rings is 1. The molecule has 1 aliphatic rings. The normalized spacial score (nSPS) is 19.8. The van der Waals surface area contributed by atoms with Crippen molar-refractivity contribution in [2.24, 2.45) is 0 Å². The first-order valence-electron chi connectivity index (χ1n) is 5.57. The van der Waals surface area contributed by atoms with E-state index >= 15 is 0 Å². The van der Waals surface area contributed by atoms with Crippen molar-refractivity contribution in [3.05, 3.63) is 21.3 Å². The molecule has 1 N–H and O–H groups in total. The molecule has 0 aromatic carbocycles. The number of hydrogen-bond donors (Lipinski definition) is 1. The fraction of sp³-hybridized carbons (Fsp3) is 0.545. The molecule has 4 nitrogen and oxygen atoms in total. The summed E-state index contributed by atoms with van der Waals surface area (Å²) < 4.78 is 5.94. The van der Waals surface area contributed by atoms with Gasteiger partial charge in [0.2, 0.25) is 5.91 Å². The summed E-state index contributed by atoms with van der Waals surface area (Å²) in [6.45, 7) is 1.31. The van der Waals surface area contributed by atoms with Crippen LogP contribution in [-0.4, -0.2) is 48.0 Å². The predicted octanol–water partition coefficient (Wildman–Crippen LogP) is 1.98. The smallest absolute Gasteiger partial charge is 0.233 e. The van der Waals surface area contributed by atoms with Gasteiger partial charge in [0.05, 0.1) is 29.9 Å². The van der Waals surface area contributed by atoms with Gasteiger partial charge in [0.1, 0.15) is 5.37 Å². The van der Waals surface area contributed by atoms with Crippen molar-refractivity contribution in [3.63, 3.8) is 0 Å². The number of aliphatic hydroxyl groups excluding tert-OH is 1. The van der Waals surface area contributed by atoms with E-state index in [1.807, 2.05) is 17.0 Å². The van der Waals surface area contributed by atoms with Crippen LogP contribution in [0.3, 0.4) is 0 Å². The number of nitrogens with zero attached hydrogens (tertiary/aromatic N) is 1. The molecule has 1 atom stereocenters. The van der Waals surface area contributed by atoms with Gasteiger partial charge in [-0.2, -0.15) is 0 Å². The average Bonchev–Trinajstić information content (AvgIpc) is 2.92. The molecule has 7 heteroatoms. The lowest BCUT2D eigenvalue weighted by Crippen LogP contribution is -2.31. The van der Waals surface area contributed by atoms with Gasteiger partial charge < -0.3 is 14.7 Å². The molecule has 1 amide bonds. The number of hydrogen-bond acceptors (Lipinski definition) is 5. The lowest BCUT2D eigenvalue weighted by atomic mass is 10.4. The van der Waals surface area contributed by atoms with Crippen molar-refractivity contribution < 1.29 is 14.6 Å². The van der Waals surface area contributed by atoms with Gasteiger partial charge >= 0.3 is 0 Å². The first-order valence-corrected chi connectivity index (χ1v) is 7.81. The summed E-state index contributed by atoms with van der Waals surface area (Å²) in [7, 11) is 0. The molecule has 1 aromatic rings. The van der Waals surface area contributed by atoms with E-state index in [1.165, 1.54) is 11.3 Å². The predicted molar refractivity (Wildman–Crippen MR) is 74.1 cm³/mol. The highest BCUT2D eigenvalue weighted by Crippen LogP contribution is 2.42. The Bertz CT molecular complexity index is 413. The molecule has 1 aromatic heterocycles. The van der Waals surface area contributed by atoms with Crippen molar-refractivity contribution in [2.75, 3.05) is 32.1 Å². The zero-order valence-electron chi connectivity index (χ0n) is 9.67. The van der Waals surface area contributed by atoms with Crippen molar-refractivity contribution >= 4 is 40.6 Å². The van der Waals surface area contributed by atoms with Crippen LogP contribution >= 0.6 is 34.7 Å². The van der Waals surface area contributed by atoms with Crippen LogP contribution in [0.25, 0.3) is 0 Å². The van der Waals surface area contributed by atoms with Gasteiger partial charge in [0, 0.05) is 11.4 Å². The molecule has 2 heterocycles. The highest BCUT2D eigenvalue weighted by molar-refractivity contribution is 8.00. The summed E-state index contributed by atoms with van der Waals surface area (Å²) in [5.74, 6) is 0.627. The first-order chi connectivity index (χ1) is 8.72. The minimum atomic E-state index is 0.00660. The van der Waals surface area contributed by atoms with E-state index in [2.05, 4.69) is 0 Å². The van der Waals surface area contributed by atoms with Gasteiger partial charge in [0.15, 0.2) is 0 Å². The zero-order chi connectivity index (χ0) is 13.0. The highest BCUT2D eigenvalue weighted by Gasteiger charge is 2.33. The zero-order valence-corrected chi connectivity index (χ0v) is 12.1. The Morgan fingerprint density at radius 1 is 1.50 bits per heavy atom. The average molecular weight is 308 g/mol. The second-order valence-electron chi connectivity index (χ2n) is 3.73. The van der Waals surface area contributed by atoms with Crippen LogP contribution in [0.5, 0.6) is 0 Å². The Hall–Kier alpha value is -0.270. The Balaban J connectivity index is 1.95. The quantitative estimate of drug-likeness (QED) is 0.817. The summed E-state index contributed by atoms with van der Waals surface area (Å²) in [5, 5.41) is 8.67. The van der Waals surface area contributed by atoms with Crippen LogP contribution in [0.2, 0.25) is 4.34 Å². The minimum Gasteiger partial charge on any atom is -0.394 e. The molecule has 100 valence electrons. The van der Waals surface area contributed by atoms with Crippen LogP contribution in [0, 0.1) is 0 Å². The van der Waals surface area contributed by atoms with Crippen molar-refractivity contribution in [1.29, 1.82) is 0 Å².